The largest absolute Gasteiger partial charge is 0.456 e. The monoisotopic (exact) mass is 1610 g/mol. The van der Waals surface area contributed by atoms with Crippen LogP contribution in [0.4, 0.5) is 0 Å². The third kappa shape index (κ3) is 8.03. The Hall–Kier alpha value is -17.2. The normalized spacial score (nSPS) is 12.9. The molecule has 126 heavy (non-hydrogen) atoms. The van der Waals surface area contributed by atoms with Crippen LogP contribution in [0.15, 0.2) is 375 Å². The lowest BCUT2D eigenvalue weighted by atomic mass is 10.0. The first-order valence-electron chi connectivity index (χ1n) is 42.7. The summed E-state index contributed by atoms with van der Waals surface area (Å²) in [5.41, 5.74) is 28.6. The van der Waals surface area contributed by atoms with E-state index < -0.39 is 0 Å². The molecule has 0 aliphatic heterocycles. The minimum Gasteiger partial charge on any atom is -0.456 e. The average molecular weight is 1610 g/mol. The molecule has 0 aliphatic rings. The third-order valence-corrected chi connectivity index (χ3v) is 28.0. The van der Waals surface area contributed by atoms with Crippen LogP contribution < -0.4 is 0 Å². The van der Waals surface area contributed by atoms with Gasteiger partial charge in [0, 0.05) is 162 Å². The van der Waals surface area contributed by atoms with Gasteiger partial charge in [0.15, 0.2) is 0 Å². The van der Waals surface area contributed by atoms with Crippen molar-refractivity contribution < 1.29 is 35.3 Å². The van der Waals surface area contributed by atoms with Crippen LogP contribution in [0.2, 0.25) is 0 Å². The number of fused-ring (bicyclic) bond motifs is 48. The van der Waals surface area contributed by atoms with Gasteiger partial charge >= 0.3 is 0 Å². The van der Waals surface area contributed by atoms with Gasteiger partial charge in [0.1, 0.15) is 89.3 Å². The molecule has 0 saturated carbocycles. The van der Waals surface area contributed by atoms with E-state index in [0.29, 0.717) is 0 Å². The van der Waals surface area contributed by atoms with Crippen molar-refractivity contribution in [2.24, 2.45) is 0 Å². The molecule has 15 heterocycles. The molecule has 34 aromatic rings. The van der Waals surface area contributed by atoms with Gasteiger partial charge in [-0.15, -0.1) is 0 Å². The lowest BCUT2D eigenvalue weighted by molar-refractivity contribution is 0.669. The highest BCUT2D eigenvalue weighted by molar-refractivity contribution is 6.40. The second-order valence-electron chi connectivity index (χ2n) is 34.3. The van der Waals surface area contributed by atoms with Gasteiger partial charge in [0.2, 0.25) is 0 Å². The van der Waals surface area contributed by atoms with Crippen LogP contribution >= 0.6 is 0 Å². The Balaban J connectivity index is 0.0000000892. The van der Waals surface area contributed by atoms with Gasteiger partial charge in [0.25, 0.3) is 0 Å². The third-order valence-electron chi connectivity index (χ3n) is 28.0. The van der Waals surface area contributed by atoms with E-state index in [4.69, 9.17) is 35.3 Å². The highest BCUT2D eigenvalue weighted by atomic mass is 16.4. The molecule has 0 unspecified atom stereocenters. The zero-order chi connectivity index (χ0) is 81.1. The van der Waals surface area contributed by atoms with E-state index in [2.05, 4.69) is 285 Å². The van der Waals surface area contributed by atoms with Gasteiger partial charge in [-0.1, -0.05) is 182 Å². The first-order chi connectivity index (χ1) is 62.4. The molecule has 580 valence electrons. The van der Waals surface area contributed by atoms with E-state index in [1.807, 2.05) is 72.8 Å². The number of hydrogen-bond acceptors (Lipinski definition) is 8. The zero-order valence-electron chi connectivity index (χ0n) is 66.4. The van der Waals surface area contributed by atoms with E-state index in [1.54, 1.807) is 0 Å². The number of rotatable bonds is 1. The van der Waals surface area contributed by atoms with E-state index in [9.17, 15) is 0 Å². The van der Waals surface area contributed by atoms with Crippen LogP contribution in [0.5, 0.6) is 0 Å². The molecule has 0 atom stereocenters. The Morgan fingerprint density at radius 2 is 0.405 bits per heavy atom. The van der Waals surface area contributed by atoms with Crippen molar-refractivity contribution in [3.8, 4) is 5.69 Å². The Labute approximate surface area is 705 Å². The molecule has 19 aromatic carbocycles. The number of aromatic nitrogens is 4. The Kier molecular flexibility index (Phi) is 11.6. The van der Waals surface area contributed by atoms with Crippen LogP contribution in [0.1, 0.15) is 0 Å². The molecule has 12 nitrogen and oxygen atoms in total. The molecule has 34 rings (SSSR count). The minimum atomic E-state index is 0.888. The van der Waals surface area contributed by atoms with E-state index in [0.717, 1.165) is 219 Å². The van der Waals surface area contributed by atoms with Gasteiger partial charge in [-0.2, -0.15) is 0 Å². The molecular weight excluding hydrogens is 1550 g/mol. The fourth-order valence-electron chi connectivity index (χ4n) is 22.8. The van der Waals surface area contributed by atoms with Crippen LogP contribution in [0, 0.1) is 0 Å². The second-order valence-corrected chi connectivity index (χ2v) is 34.3. The second kappa shape index (κ2) is 22.7. The van der Waals surface area contributed by atoms with Crippen molar-refractivity contribution in [3.63, 3.8) is 0 Å². The maximum Gasteiger partial charge on any atom is 0.145 e. The molecule has 0 fully saturated rings. The summed E-state index contributed by atoms with van der Waals surface area (Å²) in [6, 6.07) is 120. The molecule has 12 heteroatoms. The summed E-state index contributed by atoms with van der Waals surface area (Å²) in [5.74, 6) is 0. The maximum absolute atomic E-state index is 6.60. The first kappa shape index (κ1) is 64.7. The Morgan fingerprint density at radius 3 is 0.825 bits per heavy atom. The smallest absolute Gasteiger partial charge is 0.145 e. The van der Waals surface area contributed by atoms with Crippen molar-refractivity contribution in [2.45, 2.75) is 0 Å². The number of para-hydroxylation sites is 10. The topological polar surface area (TPSA) is 123 Å². The highest BCUT2D eigenvalue weighted by Gasteiger charge is 2.31. The number of hydrogen-bond donors (Lipinski definition) is 0. The number of nitrogens with zero attached hydrogens (tertiary/aromatic N) is 4. The van der Waals surface area contributed by atoms with Crippen LogP contribution in [-0.2, 0) is 0 Å². The summed E-state index contributed by atoms with van der Waals surface area (Å²) in [5, 5.41) is 34.7. The Bertz CT molecular complexity index is 10900. The van der Waals surface area contributed by atoms with Crippen molar-refractivity contribution in [3.05, 3.63) is 340 Å². The fraction of sp³-hybridized carbons (Fsp3) is 0. The quantitative estimate of drug-likeness (QED) is 0.159. The van der Waals surface area contributed by atoms with Gasteiger partial charge < -0.3 is 53.1 Å². The van der Waals surface area contributed by atoms with Crippen LogP contribution in [0.25, 0.3) is 317 Å². The molecule has 0 amide bonds. The highest BCUT2D eigenvalue weighted by Crippen LogP contribution is 2.54. The molecule has 0 bridgehead atoms. The number of furan rings is 8. The summed E-state index contributed by atoms with van der Waals surface area (Å²) < 4.78 is 61.2. The molecule has 0 N–H and O–H groups in total. The SMILES string of the molecule is c1ccc(-n2c3ccccc3c3cc4c5cc6oc7ccccc7c6cc5n5c6cc7c(cc6c(c32)c45)oc2ccccc27)cc1.c1ccc2c(c1)oc1cc3c4cc5c6ccccc6oc5c5c6cc7oc8ccccc8c7cc6n(c3cc12)c45.c1ccc2c(c1)oc1cc3c4cc5oc6ccccc6c5c5c6cc7oc8ccccc8c7cc6n(c3cc12)c45. The standard InChI is InChI=1S/C42H22N2O2.2C36H17NO3/c1-2-10-23(11-3-1)43-33-15-7-4-12-24(33)30-18-31-27-21-38-28(25-13-5-8-16-36(25)45-38)19-34(27)44-35-20-29-26-14-6-9-17-37(26)46-39(29)22-32(35)40(41(30)43)42(31)44;1-4-10-29-18(7-1)22-14-27-21(16-32(22)38-29)24-13-25-20-9-3-6-12-31(20)40-36(25)34-26-17-33-23(15-28(26)37(27)35(24)34)19-8-2-5-11-30(19)39-33;1-4-10-28-18(7-1)22-13-26-21(15-31(22)38-28)24-16-33-34(20-9-3-6-12-30(20)40-33)35-25-17-32-23(14-27(25)37(26)36(24)35)19-8-2-5-11-29(19)39-32/h1-22H;2*1-17H. The molecular formula is C114H56N4O8. The molecule has 0 spiro atoms. The maximum atomic E-state index is 6.60. The van der Waals surface area contributed by atoms with Gasteiger partial charge in [-0.3, -0.25) is 0 Å². The van der Waals surface area contributed by atoms with Crippen molar-refractivity contribution in [2.75, 3.05) is 0 Å². The molecule has 0 aliphatic carbocycles. The molecule has 0 saturated heterocycles. The lowest BCUT2D eigenvalue weighted by Gasteiger charge is -2.09. The Morgan fingerprint density at radius 1 is 0.135 bits per heavy atom. The lowest BCUT2D eigenvalue weighted by Crippen LogP contribution is -1.93. The number of benzene rings is 19. The van der Waals surface area contributed by atoms with Crippen molar-refractivity contribution >= 4 is 312 Å². The van der Waals surface area contributed by atoms with E-state index in [1.165, 1.54) is 98.0 Å². The summed E-state index contributed by atoms with van der Waals surface area (Å²) in [6.07, 6.45) is 0. The van der Waals surface area contributed by atoms with Crippen LogP contribution in [0.3, 0.4) is 0 Å². The van der Waals surface area contributed by atoms with Gasteiger partial charge in [-0.25, -0.2) is 0 Å². The van der Waals surface area contributed by atoms with Gasteiger partial charge in [0.05, 0.1) is 66.1 Å². The van der Waals surface area contributed by atoms with Crippen molar-refractivity contribution in [1.82, 2.24) is 17.8 Å². The first-order valence-corrected chi connectivity index (χ1v) is 42.7. The summed E-state index contributed by atoms with van der Waals surface area (Å²) in [7, 11) is 0. The summed E-state index contributed by atoms with van der Waals surface area (Å²) in [4.78, 5) is 0. The van der Waals surface area contributed by atoms with Crippen LogP contribution in [-0.4, -0.2) is 17.8 Å². The van der Waals surface area contributed by atoms with E-state index >= 15 is 0 Å². The van der Waals surface area contributed by atoms with Gasteiger partial charge in [-0.05, 0) is 158 Å². The minimum absolute atomic E-state index is 0.888. The average Bonchev–Trinajstić information content (AvgIpc) is 1.51. The van der Waals surface area contributed by atoms with E-state index in [-0.39, 0.29) is 0 Å². The molecule has 0 radical (unpaired) electrons. The summed E-state index contributed by atoms with van der Waals surface area (Å²) in [6.45, 7) is 0. The predicted octanol–water partition coefficient (Wildman–Crippen LogP) is 32.8. The fourth-order valence-corrected chi connectivity index (χ4v) is 22.8. The zero-order valence-corrected chi connectivity index (χ0v) is 66.4. The summed E-state index contributed by atoms with van der Waals surface area (Å²) >= 11 is 0. The predicted molar refractivity (Wildman–Crippen MR) is 516 cm³/mol. The molecule has 15 aromatic heterocycles. The van der Waals surface area contributed by atoms with Crippen molar-refractivity contribution in [1.29, 1.82) is 0 Å².